The Kier molecular flexibility index (Phi) is 6.30. The quantitative estimate of drug-likeness (QED) is 0.634. The molecule has 0 unspecified atom stereocenters. The smallest absolute Gasteiger partial charge is 0.307 e. The van der Waals surface area contributed by atoms with Crippen molar-refractivity contribution in [1.82, 2.24) is 9.55 Å². The molecular weight excluding hydrogens is 382 g/mol. The number of carbonyl (C=O) groups is 2. The molecule has 0 radical (unpaired) electrons. The minimum Gasteiger partial charge on any atom is -0.453 e. The van der Waals surface area contributed by atoms with Gasteiger partial charge >= 0.3 is 5.97 Å². The number of hydrogen-bond donors (Lipinski definition) is 1. The van der Waals surface area contributed by atoms with E-state index in [0.29, 0.717) is 22.4 Å². The van der Waals surface area contributed by atoms with Crippen molar-refractivity contribution in [2.45, 2.75) is 39.7 Å². The van der Waals surface area contributed by atoms with Crippen LogP contribution in [-0.2, 0) is 27.8 Å². The molecule has 0 saturated heterocycles. The molecule has 0 aliphatic heterocycles. The van der Waals surface area contributed by atoms with Gasteiger partial charge in [0.05, 0.1) is 17.3 Å². The molecule has 1 heterocycles. The molecule has 1 atom stereocenters. The van der Waals surface area contributed by atoms with Gasteiger partial charge in [0.1, 0.15) is 5.82 Å². The number of nitrogens with one attached hydrogen (secondary N) is 1. The summed E-state index contributed by atoms with van der Waals surface area (Å²) in [5, 5.41) is 3.31. The fourth-order valence-electron chi connectivity index (χ4n) is 3.20. The lowest BCUT2D eigenvalue weighted by Crippen LogP contribution is -2.30. The van der Waals surface area contributed by atoms with Crippen molar-refractivity contribution in [3.63, 3.8) is 0 Å². The number of benzene rings is 2. The SMILES string of the molecule is Cc1ccc(NC(=O)[C@H](C)OC(=O)CCc2nc3ccccc3c(=O)n2C)c(C)c1. The van der Waals surface area contributed by atoms with Gasteiger partial charge in [0.25, 0.3) is 11.5 Å². The summed E-state index contributed by atoms with van der Waals surface area (Å²) in [5.41, 5.74) is 3.14. The number of rotatable bonds is 6. The van der Waals surface area contributed by atoms with Gasteiger partial charge in [0.15, 0.2) is 6.10 Å². The number of aromatic nitrogens is 2. The van der Waals surface area contributed by atoms with E-state index in [1.54, 1.807) is 25.2 Å². The van der Waals surface area contributed by atoms with Crippen molar-refractivity contribution in [3.05, 3.63) is 69.8 Å². The van der Waals surface area contributed by atoms with Crippen LogP contribution >= 0.6 is 0 Å². The van der Waals surface area contributed by atoms with Gasteiger partial charge in [-0.25, -0.2) is 4.98 Å². The molecule has 2 aromatic carbocycles. The maximum Gasteiger partial charge on any atom is 0.307 e. The van der Waals surface area contributed by atoms with E-state index >= 15 is 0 Å². The molecule has 7 heteroatoms. The molecule has 156 valence electrons. The van der Waals surface area contributed by atoms with E-state index in [9.17, 15) is 14.4 Å². The number of anilines is 1. The monoisotopic (exact) mass is 407 g/mol. The Morgan fingerprint density at radius 2 is 1.90 bits per heavy atom. The Balaban J connectivity index is 1.60. The number of fused-ring (bicyclic) bond motifs is 1. The van der Waals surface area contributed by atoms with Crippen LogP contribution < -0.4 is 10.9 Å². The van der Waals surface area contributed by atoms with Crippen molar-refractivity contribution < 1.29 is 14.3 Å². The number of esters is 1. The predicted molar refractivity (Wildman–Crippen MR) is 115 cm³/mol. The summed E-state index contributed by atoms with van der Waals surface area (Å²) < 4.78 is 6.70. The summed E-state index contributed by atoms with van der Waals surface area (Å²) in [5.74, 6) is -0.435. The third kappa shape index (κ3) is 4.74. The number of aryl methyl sites for hydroxylation is 3. The Morgan fingerprint density at radius 1 is 1.17 bits per heavy atom. The van der Waals surface area contributed by atoms with Gasteiger partial charge in [-0.1, -0.05) is 29.8 Å². The number of hydrogen-bond acceptors (Lipinski definition) is 5. The zero-order valence-electron chi connectivity index (χ0n) is 17.6. The van der Waals surface area contributed by atoms with E-state index in [-0.39, 0.29) is 18.4 Å². The molecule has 1 aromatic heterocycles. The second kappa shape index (κ2) is 8.90. The first-order valence-corrected chi connectivity index (χ1v) is 9.78. The first kappa shape index (κ1) is 21.2. The lowest BCUT2D eigenvalue weighted by Gasteiger charge is -2.15. The van der Waals surface area contributed by atoms with Gasteiger partial charge in [0, 0.05) is 19.2 Å². The minimum absolute atomic E-state index is 0.0137. The second-order valence-corrected chi connectivity index (χ2v) is 7.35. The molecule has 30 heavy (non-hydrogen) atoms. The third-order valence-corrected chi connectivity index (χ3v) is 4.95. The van der Waals surface area contributed by atoms with Crippen molar-refractivity contribution in [3.8, 4) is 0 Å². The Morgan fingerprint density at radius 3 is 2.63 bits per heavy atom. The second-order valence-electron chi connectivity index (χ2n) is 7.35. The molecule has 3 aromatic rings. The van der Waals surface area contributed by atoms with Crippen LogP contribution in [0.25, 0.3) is 10.9 Å². The van der Waals surface area contributed by atoms with Crippen LogP contribution in [0, 0.1) is 13.8 Å². The van der Waals surface area contributed by atoms with Gasteiger partial charge in [-0.2, -0.15) is 0 Å². The van der Waals surface area contributed by atoms with Crippen LogP contribution in [0.2, 0.25) is 0 Å². The molecule has 3 rings (SSSR count). The Bertz CT molecular complexity index is 1170. The highest BCUT2D eigenvalue weighted by molar-refractivity contribution is 5.95. The highest BCUT2D eigenvalue weighted by Crippen LogP contribution is 2.16. The highest BCUT2D eigenvalue weighted by Gasteiger charge is 2.19. The van der Waals surface area contributed by atoms with E-state index in [4.69, 9.17) is 4.74 Å². The summed E-state index contributed by atoms with van der Waals surface area (Å²) in [6.07, 6.45) is -0.688. The molecule has 0 saturated carbocycles. The van der Waals surface area contributed by atoms with E-state index in [1.807, 2.05) is 38.1 Å². The molecule has 1 N–H and O–H groups in total. The van der Waals surface area contributed by atoms with Crippen molar-refractivity contribution in [2.75, 3.05) is 5.32 Å². The van der Waals surface area contributed by atoms with Crippen LogP contribution in [0.4, 0.5) is 5.69 Å². The zero-order valence-corrected chi connectivity index (χ0v) is 17.6. The topological polar surface area (TPSA) is 90.3 Å². The fraction of sp³-hybridized carbons (Fsp3) is 0.304. The van der Waals surface area contributed by atoms with Crippen LogP contribution in [0.15, 0.2) is 47.3 Å². The number of nitrogens with zero attached hydrogens (tertiary/aromatic N) is 2. The molecule has 7 nitrogen and oxygen atoms in total. The van der Waals surface area contributed by atoms with E-state index in [0.717, 1.165) is 11.1 Å². The fourth-order valence-corrected chi connectivity index (χ4v) is 3.20. The summed E-state index contributed by atoms with van der Waals surface area (Å²) in [7, 11) is 1.63. The third-order valence-electron chi connectivity index (χ3n) is 4.95. The average molecular weight is 407 g/mol. The predicted octanol–water partition coefficient (Wildman–Crippen LogP) is 3.05. The van der Waals surface area contributed by atoms with Crippen LogP contribution in [-0.4, -0.2) is 27.5 Å². The molecule has 0 aliphatic carbocycles. The van der Waals surface area contributed by atoms with Gasteiger partial charge in [-0.05, 0) is 44.5 Å². The largest absolute Gasteiger partial charge is 0.453 e. The lowest BCUT2D eigenvalue weighted by atomic mass is 10.1. The summed E-state index contributed by atoms with van der Waals surface area (Å²) in [6.45, 7) is 5.41. The molecular formula is C23H25N3O4. The lowest BCUT2D eigenvalue weighted by molar-refractivity contribution is -0.153. The van der Waals surface area contributed by atoms with Crippen molar-refractivity contribution >= 4 is 28.5 Å². The highest BCUT2D eigenvalue weighted by atomic mass is 16.5. The standard InChI is InChI=1S/C23H25N3O4/c1-14-9-10-18(15(2)13-14)25-22(28)16(3)30-21(27)12-11-20-24-19-8-6-5-7-17(19)23(29)26(20)4/h5-10,13,16H,11-12H2,1-4H3,(H,25,28)/t16-/m0/s1. The summed E-state index contributed by atoms with van der Waals surface area (Å²) in [4.78, 5) is 41.5. The van der Waals surface area contributed by atoms with Gasteiger partial charge in [0.2, 0.25) is 0 Å². The molecule has 0 aliphatic rings. The first-order chi connectivity index (χ1) is 14.3. The number of carbonyl (C=O) groups excluding carboxylic acids is 2. The Hall–Kier alpha value is -3.48. The average Bonchev–Trinajstić information content (AvgIpc) is 2.71. The van der Waals surface area contributed by atoms with Crippen LogP contribution in [0.1, 0.15) is 30.3 Å². The summed E-state index contributed by atoms with van der Waals surface area (Å²) >= 11 is 0. The van der Waals surface area contributed by atoms with Gasteiger partial charge in [-0.15, -0.1) is 0 Å². The van der Waals surface area contributed by atoms with E-state index in [2.05, 4.69) is 10.3 Å². The Labute approximate surface area is 174 Å². The van der Waals surface area contributed by atoms with Crippen molar-refractivity contribution in [1.29, 1.82) is 0 Å². The molecule has 1 amide bonds. The molecule has 0 fully saturated rings. The van der Waals surface area contributed by atoms with E-state index < -0.39 is 18.0 Å². The molecule has 0 bridgehead atoms. The number of ether oxygens (including phenoxy) is 1. The van der Waals surface area contributed by atoms with E-state index in [1.165, 1.54) is 11.5 Å². The maximum atomic E-state index is 12.4. The van der Waals surface area contributed by atoms with Crippen LogP contribution in [0.3, 0.4) is 0 Å². The number of amides is 1. The minimum atomic E-state index is -0.938. The van der Waals surface area contributed by atoms with Gasteiger partial charge < -0.3 is 10.1 Å². The summed E-state index contributed by atoms with van der Waals surface area (Å²) in [6, 6.07) is 12.8. The first-order valence-electron chi connectivity index (χ1n) is 9.78. The maximum absolute atomic E-state index is 12.4. The van der Waals surface area contributed by atoms with Gasteiger partial charge in [-0.3, -0.25) is 19.0 Å². The number of para-hydroxylation sites is 1. The zero-order chi connectivity index (χ0) is 21.8. The van der Waals surface area contributed by atoms with Crippen LogP contribution in [0.5, 0.6) is 0 Å². The normalized spacial score (nSPS) is 11.9. The van der Waals surface area contributed by atoms with Crippen molar-refractivity contribution in [2.24, 2.45) is 7.05 Å². The molecule has 0 spiro atoms.